The fourth-order valence-corrected chi connectivity index (χ4v) is 4.40. The van der Waals surface area contributed by atoms with Crippen molar-refractivity contribution in [2.75, 3.05) is 5.32 Å². The molecule has 0 aromatic heterocycles. The van der Waals surface area contributed by atoms with Crippen LogP contribution < -0.4 is 14.8 Å². The maximum absolute atomic E-state index is 12.7. The van der Waals surface area contributed by atoms with Gasteiger partial charge >= 0.3 is 0 Å². The summed E-state index contributed by atoms with van der Waals surface area (Å²) in [5, 5.41) is 2.97. The van der Waals surface area contributed by atoms with Gasteiger partial charge in [-0.2, -0.15) is 0 Å². The summed E-state index contributed by atoms with van der Waals surface area (Å²) in [5.74, 6) is 1.22. The third kappa shape index (κ3) is 5.83. The second kappa shape index (κ2) is 9.18. The van der Waals surface area contributed by atoms with Crippen molar-refractivity contribution in [3.8, 4) is 11.5 Å². The van der Waals surface area contributed by atoms with Crippen molar-refractivity contribution >= 4 is 21.6 Å². The second-order valence-corrected chi connectivity index (χ2v) is 11.2. The Hall–Kier alpha value is -2.38. The summed E-state index contributed by atoms with van der Waals surface area (Å²) in [5.41, 5.74) is 0.684. The molecular formula is C23H30N2O4S. The van der Waals surface area contributed by atoms with E-state index in [4.69, 9.17) is 4.74 Å². The first-order valence-electron chi connectivity index (χ1n) is 10.3. The van der Waals surface area contributed by atoms with Crippen LogP contribution in [0.1, 0.15) is 46.5 Å². The van der Waals surface area contributed by atoms with Crippen molar-refractivity contribution in [2.45, 2.75) is 57.2 Å². The largest absolute Gasteiger partial charge is 0.457 e. The number of hydrogen-bond donors (Lipinski definition) is 2. The number of carbonyl (C=O) groups is 1. The first-order chi connectivity index (χ1) is 14.1. The summed E-state index contributed by atoms with van der Waals surface area (Å²) in [4.78, 5) is 12.7. The fraction of sp³-hybridized carbons (Fsp3) is 0.435. The topological polar surface area (TPSA) is 84.5 Å². The van der Waals surface area contributed by atoms with Gasteiger partial charge < -0.3 is 10.1 Å². The van der Waals surface area contributed by atoms with Gasteiger partial charge in [0.05, 0.1) is 4.75 Å². The van der Waals surface area contributed by atoms with Crippen LogP contribution in [0.15, 0.2) is 54.6 Å². The van der Waals surface area contributed by atoms with E-state index in [0.29, 0.717) is 37.1 Å². The molecule has 0 unspecified atom stereocenters. The maximum Gasteiger partial charge on any atom is 0.227 e. The van der Waals surface area contributed by atoms with Crippen LogP contribution in [0.5, 0.6) is 11.5 Å². The van der Waals surface area contributed by atoms with E-state index >= 15 is 0 Å². The van der Waals surface area contributed by atoms with Gasteiger partial charge in [0, 0.05) is 23.7 Å². The van der Waals surface area contributed by atoms with E-state index in [2.05, 4.69) is 10.0 Å². The monoisotopic (exact) mass is 430 g/mol. The second-order valence-electron chi connectivity index (χ2n) is 8.71. The molecule has 0 atom stereocenters. The van der Waals surface area contributed by atoms with E-state index in [9.17, 15) is 13.2 Å². The fourth-order valence-electron chi connectivity index (χ4n) is 3.38. The zero-order valence-corrected chi connectivity index (χ0v) is 18.5. The van der Waals surface area contributed by atoms with Crippen LogP contribution in [0, 0.1) is 5.92 Å². The number of amides is 1. The van der Waals surface area contributed by atoms with E-state index in [1.165, 1.54) is 0 Å². The number of rotatable bonds is 6. The number of anilines is 1. The highest BCUT2D eigenvalue weighted by atomic mass is 32.2. The molecule has 0 aliphatic heterocycles. The van der Waals surface area contributed by atoms with Crippen molar-refractivity contribution in [1.82, 2.24) is 4.72 Å². The van der Waals surface area contributed by atoms with Crippen LogP contribution in [0.2, 0.25) is 0 Å². The molecule has 0 spiro atoms. The molecule has 1 fully saturated rings. The summed E-state index contributed by atoms with van der Waals surface area (Å²) < 4.78 is 32.5. The maximum atomic E-state index is 12.7. The van der Waals surface area contributed by atoms with E-state index in [0.717, 1.165) is 5.75 Å². The predicted molar refractivity (Wildman–Crippen MR) is 119 cm³/mol. The zero-order chi connectivity index (χ0) is 21.8. The Balaban J connectivity index is 1.53. The molecule has 1 aliphatic carbocycles. The Morgan fingerprint density at radius 3 is 2.20 bits per heavy atom. The lowest BCUT2D eigenvalue weighted by Crippen LogP contribution is -2.46. The Bertz CT molecular complexity index is 960. The van der Waals surface area contributed by atoms with Gasteiger partial charge in [0.2, 0.25) is 15.9 Å². The van der Waals surface area contributed by atoms with E-state index in [1.54, 1.807) is 26.8 Å². The average molecular weight is 431 g/mol. The van der Waals surface area contributed by atoms with Gasteiger partial charge in [0.1, 0.15) is 11.5 Å². The Labute approximate surface area is 179 Å². The summed E-state index contributed by atoms with van der Waals surface area (Å²) in [6, 6.07) is 16.7. The van der Waals surface area contributed by atoms with Crippen LogP contribution in [0.3, 0.4) is 0 Å². The van der Waals surface area contributed by atoms with Crippen molar-refractivity contribution in [1.29, 1.82) is 0 Å². The molecule has 7 heteroatoms. The predicted octanol–water partition coefficient (Wildman–Crippen LogP) is 4.69. The van der Waals surface area contributed by atoms with Gasteiger partial charge in [0.25, 0.3) is 0 Å². The molecule has 0 bridgehead atoms. The molecule has 3 rings (SSSR count). The molecule has 2 aromatic rings. The lowest BCUT2D eigenvalue weighted by molar-refractivity contribution is -0.120. The van der Waals surface area contributed by atoms with Crippen LogP contribution in [0.4, 0.5) is 5.69 Å². The quantitative estimate of drug-likeness (QED) is 0.696. The molecule has 30 heavy (non-hydrogen) atoms. The summed E-state index contributed by atoms with van der Waals surface area (Å²) in [6.07, 6.45) is 2.63. The number of benzene rings is 2. The number of para-hydroxylation sites is 1. The van der Waals surface area contributed by atoms with Crippen LogP contribution in [-0.2, 0) is 14.8 Å². The van der Waals surface area contributed by atoms with Crippen LogP contribution >= 0.6 is 0 Å². The number of sulfonamides is 1. The minimum atomic E-state index is -3.38. The van der Waals surface area contributed by atoms with Gasteiger partial charge in [-0.3, -0.25) is 4.79 Å². The summed E-state index contributed by atoms with van der Waals surface area (Å²) >= 11 is 0. The molecule has 6 nitrogen and oxygen atoms in total. The standard InChI is InChI=1S/C23H30N2O4S/c1-23(2,3)30(27,28)25-18-14-12-17(13-15-18)22(26)24-19-8-7-11-21(16-19)29-20-9-5-4-6-10-20/h4-11,16-18,25H,12-15H2,1-3H3,(H,24,26)/t17-,18-. The SMILES string of the molecule is CC(C)(C)S(=O)(=O)N[C@H]1CC[C@H](C(=O)Nc2cccc(Oc3ccccc3)c2)CC1. The average Bonchev–Trinajstić information content (AvgIpc) is 2.68. The molecule has 0 heterocycles. The van der Waals surface area contributed by atoms with Gasteiger partial charge in [-0.25, -0.2) is 13.1 Å². The normalized spacial score (nSPS) is 19.8. The van der Waals surface area contributed by atoms with Gasteiger partial charge in [0.15, 0.2) is 0 Å². The van der Waals surface area contributed by atoms with E-state index < -0.39 is 14.8 Å². The molecule has 162 valence electrons. The molecule has 1 aliphatic rings. The van der Waals surface area contributed by atoms with Crippen molar-refractivity contribution in [3.05, 3.63) is 54.6 Å². The molecule has 2 aromatic carbocycles. The summed E-state index contributed by atoms with van der Waals surface area (Å²) in [6.45, 7) is 5.05. The number of ether oxygens (including phenoxy) is 1. The first kappa shape index (κ1) is 22.3. The number of hydrogen-bond acceptors (Lipinski definition) is 4. The third-order valence-corrected chi connectivity index (χ3v) is 7.56. The third-order valence-electron chi connectivity index (χ3n) is 5.31. The molecule has 2 N–H and O–H groups in total. The Kier molecular flexibility index (Phi) is 6.83. The van der Waals surface area contributed by atoms with Crippen molar-refractivity contribution in [3.63, 3.8) is 0 Å². The van der Waals surface area contributed by atoms with Gasteiger partial charge in [-0.15, -0.1) is 0 Å². The lowest BCUT2D eigenvalue weighted by Gasteiger charge is -2.30. The minimum absolute atomic E-state index is 0.0380. The van der Waals surface area contributed by atoms with Gasteiger partial charge in [-0.1, -0.05) is 24.3 Å². The highest BCUT2D eigenvalue weighted by Gasteiger charge is 2.34. The molecule has 1 amide bonds. The lowest BCUT2D eigenvalue weighted by atomic mass is 9.86. The highest BCUT2D eigenvalue weighted by molar-refractivity contribution is 7.90. The Morgan fingerprint density at radius 2 is 1.57 bits per heavy atom. The highest BCUT2D eigenvalue weighted by Crippen LogP contribution is 2.29. The van der Waals surface area contributed by atoms with Gasteiger partial charge in [-0.05, 0) is 70.7 Å². The Morgan fingerprint density at radius 1 is 0.933 bits per heavy atom. The van der Waals surface area contributed by atoms with Crippen molar-refractivity contribution in [2.24, 2.45) is 5.92 Å². The van der Waals surface area contributed by atoms with E-state index in [-0.39, 0.29) is 17.9 Å². The smallest absolute Gasteiger partial charge is 0.227 e. The van der Waals surface area contributed by atoms with Crippen molar-refractivity contribution < 1.29 is 17.9 Å². The number of nitrogens with one attached hydrogen (secondary N) is 2. The zero-order valence-electron chi connectivity index (χ0n) is 17.7. The minimum Gasteiger partial charge on any atom is -0.457 e. The molecule has 0 saturated heterocycles. The number of carbonyl (C=O) groups excluding carboxylic acids is 1. The first-order valence-corrected chi connectivity index (χ1v) is 11.8. The van der Waals surface area contributed by atoms with Crippen LogP contribution in [-0.4, -0.2) is 25.1 Å². The summed E-state index contributed by atoms with van der Waals surface area (Å²) in [7, 11) is -3.38. The molecule has 0 radical (unpaired) electrons. The van der Waals surface area contributed by atoms with Crippen LogP contribution in [0.25, 0.3) is 0 Å². The van der Waals surface area contributed by atoms with E-state index in [1.807, 2.05) is 48.5 Å². The molecule has 1 saturated carbocycles. The molecular weight excluding hydrogens is 400 g/mol.